The van der Waals surface area contributed by atoms with Crippen LogP contribution in [-0.4, -0.2) is 82.2 Å². The van der Waals surface area contributed by atoms with E-state index in [1.54, 1.807) is 24.3 Å². The molecule has 0 aliphatic heterocycles. The fraction of sp³-hybridized carbons (Fsp3) is 0.531. The van der Waals surface area contributed by atoms with Crippen molar-refractivity contribution in [2.75, 3.05) is 6.54 Å². The Balaban J connectivity index is 2.30. The molecule has 1 aromatic heterocycles. The number of imidazole rings is 1. The summed E-state index contributed by atoms with van der Waals surface area (Å²) < 4.78 is 0. The molecule has 258 valence electrons. The molecule has 1 heterocycles. The van der Waals surface area contributed by atoms with Crippen molar-refractivity contribution >= 4 is 35.4 Å². The fourth-order valence-electron chi connectivity index (χ4n) is 4.78. The Morgan fingerprint density at radius 3 is 1.77 bits per heavy atom. The lowest BCUT2D eigenvalue weighted by molar-refractivity contribution is -0.135. The first-order valence-electron chi connectivity index (χ1n) is 15.7. The number of carbonyl (C=O) groups is 6. The first kappa shape index (κ1) is 38.4. The van der Waals surface area contributed by atoms with E-state index in [2.05, 4.69) is 36.6 Å². The Morgan fingerprint density at radius 2 is 1.23 bits per heavy atom. The maximum absolute atomic E-state index is 13.8. The number of H-pyrrole nitrogens is 1. The molecule has 15 heteroatoms. The highest BCUT2D eigenvalue weighted by atomic mass is 16.2. The topological polar surface area (TPSA) is 243 Å². The monoisotopic (exact) mass is 655 g/mol. The molecule has 0 aliphatic rings. The zero-order valence-corrected chi connectivity index (χ0v) is 27.7. The Kier molecular flexibility index (Phi) is 15.5. The van der Waals surface area contributed by atoms with Crippen LogP contribution in [-0.2, 0) is 41.6 Å². The first-order valence-corrected chi connectivity index (χ1v) is 15.7. The van der Waals surface area contributed by atoms with Gasteiger partial charge in [0.1, 0.15) is 30.2 Å². The van der Waals surface area contributed by atoms with Crippen molar-refractivity contribution in [3.63, 3.8) is 0 Å². The van der Waals surface area contributed by atoms with Crippen LogP contribution < -0.4 is 38.1 Å². The molecule has 6 amide bonds. The number of rotatable bonds is 19. The van der Waals surface area contributed by atoms with Crippen molar-refractivity contribution in [2.45, 2.75) is 90.5 Å². The van der Waals surface area contributed by atoms with Crippen LogP contribution in [0.3, 0.4) is 0 Å². The Morgan fingerprint density at radius 1 is 0.702 bits per heavy atom. The quantitative estimate of drug-likeness (QED) is 0.0948. The van der Waals surface area contributed by atoms with Crippen molar-refractivity contribution in [2.24, 2.45) is 23.3 Å². The molecule has 2 aromatic rings. The van der Waals surface area contributed by atoms with Gasteiger partial charge in [-0.2, -0.15) is 0 Å². The molecule has 2 rings (SSSR count). The van der Waals surface area contributed by atoms with Gasteiger partial charge in [0, 0.05) is 24.7 Å². The molecule has 0 saturated heterocycles. The van der Waals surface area contributed by atoms with E-state index in [0.29, 0.717) is 18.5 Å². The maximum atomic E-state index is 13.8. The molecule has 1 aromatic carbocycles. The zero-order valence-electron chi connectivity index (χ0n) is 27.7. The van der Waals surface area contributed by atoms with Crippen LogP contribution in [0.15, 0.2) is 42.9 Å². The SMILES string of the molecule is CC(C)C[C@H](NC(=O)[C@H](C)NC(=O)[C@H](Cc1cnc[nH]1)NC(=O)C(Cc1ccccc1)NC(=O)[C@H](CC(C)C)NC(=O)CN)C(N)=O. The van der Waals surface area contributed by atoms with E-state index < -0.39 is 65.7 Å². The number of amides is 6. The van der Waals surface area contributed by atoms with Gasteiger partial charge < -0.3 is 43.0 Å². The van der Waals surface area contributed by atoms with Gasteiger partial charge in [0.05, 0.1) is 12.9 Å². The third-order valence-electron chi connectivity index (χ3n) is 7.19. The summed E-state index contributed by atoms with van der Waals surface area (Å²) in [4.78, 5) is 84.4. The van der Waals surface area contributed by atoms with E-state index >= 15 is 0 Å². The number of hydrogen-bond acceptors (Lipinski definition) is 8. The highest BCUT2D eigenvalue weighted by Gasteiger charge is 2.32. The Hall–Kier alpha value is -4.79. The number of nitrogens with two attached hydrogens (primary N) is 2. The van der Waals surface area contributed by atoms with Crippen LogP contribution in [0.4, 0.5) is 0 Å². The molecule has 15 nitrogen and oxygen atoms in total. The lowest BCUT2D eigenvalue weighted by atomic mass is 10.0. The molecular formula is C32H49N9O6. The highest BCUT2D eigenvalue weighted by Crippen LogP contribution is 2.10. The van der Waals surface area contributed by atoms with Crippen molar-refractivity contribution in [1.82, 2.24) is 36.6 Å². The van der Waals surface area contributed by atoms with E-state index in [0.717, 1.165) is 5.56 Å². The minimum absolute atomic E-state index is 0.0162. The maximum Gasteiger partial charge on any atom is 0.243 e. The minimum atomic E-state index is -1.20. The van der Waals surface area contributed by atoms with E-state index in [1.807, 2.05) is 33.8 Å². The molecule has 47 heavy (non-hydrogen) atoms. The molecule has 0 bridgehead atoms. The average molecular weight is 656 g/mol. The third kappa shape index (κ3) is 13.6. The second-order valence-electron chi connectivity index (χ2n) is 12.4. The van der Waals surface area contributed by atoms with Gasteiger partial charge in [-0.15, -0.1) is 0 Å². The molecular weight excluding hydrogens is 606 g/mol. The van der Waals surface area contributed by atoms with E-state index in [-0.39, 0.29) is 31.2 Å². The first-order chi connectivity index (χ1) is 22.2. The Labute approximate surface area is 275 Å². The number of hydrogen-bond donors (Lipinski definition) is 8. The van der Waals surface area contributed by atoms with E-state index in [1.165, 1.54) is 19.4 Å². The lowest BCUT2D eigenvalue weighted by Gasteiger charge is -2.27. The number of nitrogens with one attached hydrogen (secondary N) is 6. The second kappa shape index (κ2) is 19.0. The fourth-order valence-corrected chi connectivity index (χ4v) is 4.78. The highest BCUT2D eigenvalue weighted by molar-refractivity contribution is 5.96. The summed E-state index contributed by atoms with van der Waals surface area (Å²) in [6.45, 7) is 8.67. The predicted molar refractivity (Wildman–Crippen MR) is 175 cm³/mol. The summed E-state index contributed by atoms with van der Waals surface area (Å²) in [6.07, 6.45) is 3.60. The largest absolute Gasteiger partial charge is 0.368 e. The number of aromatic nitrogens is 2. The smallest absolute Gasteiger partial charge is 0.243 e. The van der Waals surface area contributed by atoms with Gasteiger partial charge in [0.15, 0.2) is 0 Å². The minimum Gasteiger partial charge on any atom is -0.368 e. The van der Waals surface area contributed by atoms with Crippen LogP contribution in [0.2, 0.25) is 0 Å². The predicted octanol–water partition coefficient (Wildman–Crippen LogP) is -0.825. The van der Waals surface area contributed by atoms with Gasteiger partial charge in [0.25, 0.3) is 0 Å². The normalized spacial score (nSPS) is 14.3. The van der Waals surface area contributed by atoms with E-state index in [4.69, 9.17) is 11.5 Å². The standard InChI is InChI=1S/C32H49N9O6/c1-18(2)11-23(28(34)43)39-29(44)20(5)37-30(45)26(14-22-16-35-17-36-22)41-32(47)25(13-21-9-7-6-8-10-21)40-31(46)24(12-19(3)4)38-27(42)15-33/h6-10,16-20,23-26H,11-15,33H2,1-5H3,(H2,34,43)(H,35,36)(H,37,45)(H,38,42)(H,39,44)(H,40,46)(H,41,47)/t20-,23-,24-,25?,26-/m0/s1. The molecule has 5 atom stereocenters. The second-order valence-corrected chi connectivity index (χ2v) is 12.4. The van der Waals surface area contributed by atoms with Gasteiger partial charge >= 0.3 is 0 Å². The molecule has 0 spiro atoms. The molecule has 10 N–H and O–H groups in total. The van der Waals surface area contributed by atoms with Crippen molar-refractivity contribution < 1.29 is 28.8 Å². The van der Waals surface area contributed by atoms with Crippen LogP contribution in [0.5, 0.6) is 0 Å². The van der Waals surface area contributed by atoms with Crippen molar-refractivity contribution in [3.05, 3.63) is 54.1 Å². The van der Waals surface area contributed by atoms with Crippen LogP contribution >= 0.6 is 0 Å². The van der Waals surface area contributed by atoms with Gasteiger partial charge in [-0.05, 0) is 37.2 Å². The van der Waals surface area contributed by atoms with Crippen LogP contribution in [0, 0.1) is 11.8 Å². The number of aromatic amines is 1. The van der Waals surface area contributed by atoms with Crippen molar-refractivity contribution in [3.8, 4) is 0 Å². The summed E-state index contributed by atoms with van der Waals surface area (Å²) in [5.41, 5.74) is 12.2. The lowest BCUT2D eigenvalue weighted by Crippen LogP contribution is -2.59. The molecule has 1 unspecified atom stereocenters. The molecule has 0 radical (unpaired) electrons. The Bertz CT molecular complexity index is 1330. The van der Waals surface area contributed by atoms with Gasteiger partial charge in [-0.1, -0.05) is 58.0 Å². The summed E-state index contributed by atoms with van der Waals surface area (Å²) in [5, 5.41) is 13.2. The number of nitrogens with zero attached hydrogens (tertiary/aromatic N) is 1. The van der Waals surface area contributed by atoms with Crippen molar-refractivity contribution in [1.29, 1.82) is 0 Å². The zero-order chi connectivity index (χ0) is 35.1. The van der Waals surface area contributed by atoms with Crippen LogP contribution in [0.1, 0.15) is 58.7 Å². The summed E-state index contributed by atoms with van der Waals surface area (Å²) >= 11 is 0. The average Bonchev–Trinajstić information content (AvgIpc) is 3.52. The number of primary amides is 1. The summed E-state index contributed by atoms with van der Waals surface area (Å²) in [6, 6.07) is 3.71. The van der Waals surface area contributed by atoms with Gasteiger partial charge in [0.2, 0.25) is 35.4 Å². The van der Waals surface area contributed by atoms with E-state index in [9.17, 15) is 28.8 Å². The van der Waals surface area contributed by atoms with Gasteiger partial charge in [-0.3, -0.25) is 28.8 Å². The van der Waals surface area contributed by atoms with Gasteiger partial charge in [-0.25, -0.2) is 4.98 Å². The molecule has 0 saturated carbocycles. The summed E-state index contributed by atoms with van der Waals surface area (Å²) in [5.74, 6) is -3.66. The number of carbonyl (C=O) groups excluding carboxylic acids is 6. The molecule has 0 aliphatic carbocycles. The van der Waals surface area contributed by atoms with Crippen LogP contribution in [0.25, 0.3) is 0 Å². The third-order valence-corrected chi connectivity index (χ3v) is 7.19. The summed E-state index contributed by atoms with van der Waals surface area (Å²) in [7, 11) is 0. The number of benzene rings is 1. The molecule has 0 fully saturated rings.